The van der Waals surface area contributed by atoms with Gasteiger partial charge in [-0.15, -0.1) is 0 Å². The molecule has 1 aliphatic carbocycles. The van der Waals surface area contributed by atoms with E-state index < -0.39 is 5.41 Å². The third kappa shape index (κ3) is 2.43. The van der Waals surface area contributed by atoms with Crippen molar-refractivity contribution in [2.75, 3.05) is 13.2 Å². The summed E-state index contributed by atoms with van der Waals surface area (Å²) in [5.74, 6) is -0.190. The first-order valence-electron chi connectivity index (χ1n) is 7.82. The Hall–Kier alpha value is -2.10. The van der Waals surface area contributed by atoms with E-state index in [1.54, 1.807) is 6.08 Å². The van der Waals surface area contributed by atoms with Crippen LogP contribution in [0.1, 0.15) is 38.3 Å². The highest BCUT2D eigenvalue weighted by Crippen LogP contribution is 2.54. The summed E-state index contributed by atoms with van der Waals surface area (Å²) in [6.45, 7) is 4.74. The molecule has 0 radical (unpaired) electrons. The Balaban J connectivity index is 1.76. The number of ether oxygens (including phenoxy) is 1. The van der Waals surface area contributed by atoms with E-state index in [-0.39, 0.29) is 17.9 Å². The van der Waals surface area contributed by atoms with Crippen LogP contribution in [0.2, 0.25) is 0 Å². The summed E-state index contributed by atoms with van der Waals surface area (Å²) in [7, 11) is 0. The van der Waals surface area contributed by atoms with Crippen molar-refractivity contribution in [3.05, 3.63) is 47.5 Å². The highest BCUT2D eigenvalue weighted by atomic mass is 16.5. The van der Waals surface area contributed by atoms with Gasteiger partial charge in [-0.2, -0.15) is 0 Å². The Labute approximate surface area is 130 Å². The molecule has 0 bridgehead atoms. The van der Waals surface area contributed by atoms with Gasteiger partial charge in [0.2, 0.25) is 5.91 Å². The Morgan fingerprint density at radius 2 is 2.00 bits per heavy atom. The van der Waals surface area contributed by atoms with Gasteiger partial charge in [0, 0.05) is 12.6 Å². The molecule has 1 atom stereocenters. The Morgan fingerprint density at radius 3 is 2.59 bits per heavy atom. The number of benzene rings is 1. The Morgan fingerprint density at radius 1 is 1.32 bits per heavy atom. The molecule has 0 unspecified atom stereocenters. The molecule has 0 aromatic heterocycles. The zero-order valence-corrected chi connectivity index (χ0v) is 13.0. The van der Waals surface area contributed by atoms with E-state index in [4.69, 9.17) is 4.74 Å². The predicted octanol–water partition coefficient (Wildman–Crippen LogP) is 2.86. The number of hydrogen-bond donors (Lipinski definition) is 0. The van der Waals surface area contributed by atoms with Crippen LogP contribution in [0.4, 0.5) is 0 Å². The molecule has 1 amide bonds. The molecule has 116 valence electrons. The minimum atomic E-state index is -0.531. The summed E-state index contributed by atoms with van der Waals surface area (Å²) in [6.07, 6.45) is 3.22. The fourth-order valence-electron chi connectivity index (χ4n) is 3.12. The largest absolute Gasteiger partial charge is 0.465 e. The number of hydrogen-bond acceptors (Lipinski definition) is 3. The first-order valence-corrected chi connectivity index (χ1v) is 7.82. The third-order valence-corrected chi connectivity index (χ3v) is 4.70. The van der Waals surface area contributed by atoms with E-state index in [0.717, 1.165) is 24.0 Å². The highest BCUT2D eigenvalue weighted by Gasteiger charge is 2.56. The molecule has 1 aromatic carbocycles. The van der Waals surface area contributed by atoms with Gasteiger partial charge < -0.3 is 9.64 Å². The quantitative estimate of drug-likeness (QED) is 0.785. The van der Waals surface area contributed by atoms with Crippen LogP contribution in [0.5, 0.6) is 0 Å². The SMILES string of the molecule is CCOC(=O)C1(C2=CC(=O)N([C@@H](C)c3ccccc3)C2)CC1. The van der Waals surface area contributed by atoms with Gasteiger partial charge in [-0.1, -0.05) is 30.3 Å². The van der Waals surface area contributed by atoms with Gasteiger partial charge in [-0.3, -0.25) is 9.59 Å². The van der Waals surface area contributed by atoms with Crippen molar-refractivity contribution in [1.82, 2.24) is 4.90 Å². The van der Waals surface area contributed by atoms with Crippen molar-refractivity contribution in [2.24, 2.45) is 5.41 Å². The van der Waals surface area contributed by atoms with E-state index in [0.29, 0.717) is 13.2 Å². The van der Waals surface area contributed by atoms with Gasteiger partial charge >= 0.3 is 5.97 Å². The second-order valence-corrected chi connectivity index (χ2v) is 6.02. The summed E-state index contributed by atoms with van der Waals surface area (Å²) in [5, 5.41) is 0. The average molecular weight is 299 g/mol. The van der Waals surface area contributed by atoms with E-state index in [2.05, 4.69) is 0 Å². The van der Waals surface area contributed by atoms with Gasteiger partial charge in [0.25, 0.3) is 0 Å². The lowest BCUT2D eigenvalue weighted by Crippen LogP contribution is -2.31. The molecule has 4 heteroatoms. The molecular formula is C18H21NO3. The van der Waals surface area contributed by atoms with E-state index in [9.17, 15) is 9.59 Å². The lowest BCUT2D eigenvalue weighted by molar-refractivity contribution is -0.148. The van der Waals surface area contributed by atoms with Crippen LogP contribution < -0.4 is 0 Å². The number of esters is 1. The van der Waals surface area contributed by atoms with Crippen molar-refractivity contribution in [2.45, 2.75) is 32.7 Å². The fraction of sp³-hybridized carbons (Fsp3) is 0.444. The van der Waals surface area contributed by atoms with Crippen LogP contribution >= 0.6 is 0 Å². The second-order valence-electron chi connectivity index (χ2n) is 6.02. The molecule has 1 heterocycles. The van der Waals surface area contributed by atoms with E-state index in [1.807, 2.05) is 49.1 Å². The smallest absolute Gasteiger partial charge is 0.316 e. The Bertz CT molecular complexity index is 616. The van der Waals surface area contributed by atoms with Crippen LogP contribution in [-0.4, -0.2) is 29.9 Å². The van der Waals surface area contributed by atoms with Crippen molar-refractivity contribution in [3.8, 4) is 0 Å². The standard InChI is InChI=1S/C18H21NO3/c1-3-22-17(21)18(9-10-18)15-11-16(20)19(12-15)13(2)14-7-5-4-6-8-14/h4-8,11,13H,3,9-10,12H2,1-2H3/t13-/m0/s1. The lowest BCUT2D eigenvalue weighted by atomic mass is 9.96. The summed E-state index contributed by atoms with van der Waals surface area (Å²) >= 11 is 0. The molecule has 2 aliphatic rings. The zero-order chi connectivity index (χ0) is 15.7. The maximum absolute atomic E-state index is 12.4. The normalized spacial score (nSPS) is 20.5. The molecule has 4 nitrogen and oxygen atoms in total. The lowest BCUT2D eigenvalue weighted by Gasteiger charge is -2.26. The molecule has 3 rings (SSSR count). The molecule has 22 heavy (non-hydrogen) atoms. The molecule has 0 N–H and O–H groups in total. The minimum Gasteiger partial charge on any atom is -0.465 e. The van der Waals surface area contributed by atoms with Crippen molar-refractivity contribution in [1.29, 1.82) is 0 Å². The summed E-state index contributed by atoms with van der Waals surface area (Å²) in [6, 6.07) is 9.96. The molecule has 0 spiro atoms. The maximum Gasteiger partial charge on any atom is 0.316 e. The van der Waals surface area contributed by atoms with Crippen molar-refractivity contribution < 1.29 is 14.3 Å². The summed E-state index contributed by atoms with van der Waals surface area (Å²) in [5.41, 5.74) is 1.49. The molecule has 1 saturated carbocycles. The van der Waals surface area contributed by atoms with Crippen LogP contribution in [0.15, 0.2) is 42.0 Å². The van der Waals surface area contributed by atoms with E-state index in [1.165, 1.54) is 0 Å². The number of carbonyl (C=O) groups is 2. The second kappa shape index (κ2) is 5.59. The van der Waals surface area contributed by atoms with Crippen LogP contribution in [0, 0.1) is 5.41 Å². The molecule has 0 saturated heterocycles. The molecular weight excluding hydrogens is 278 g/mol. The molecule has 1 aliphatic heterocycles. The number of nitrogens with zero attached hydrogens (tertiary/aromatic N) is 1. The van der Waals surface area contributed by atoms with Crippen molar-refractivity contribution >= 4 is 11.9 Å². The van der Waals surface area contributed by atoms with E-state index >= 15 is 0 Å². The first-order chi connectivity index (χ1) is 10.6. The number of amides is 1. The molecule has 1 fully saturated rings. The summed E-state index contributed by atoms with van der Waals surface area (Å²) in [4.78, 5) is 26.3. The van der Waals surface area contributed by atoms with Crippen LogP contribution in [0.3, 0.4) is 0 Å². The van der Waals surface area contributed by atoms with Crippen LogP contribution in [-0.2, 0) is 14.3 Å². The van der Waals surface area contributed by atoms with Crippen LogP contribution in [0.25, 0.3) is 0 Å². The van der Waals surface area contributed by atoms with Gasteiger partial charge in [-0.05, 0) is 37.8 Å². The predicted molar refractivity (Wildman–Crippen MR) is 83.0 cm³/mol. The molecule has 1 aromatic rings. The third-order valence-electron chi connectivity index (χ3n) is 4.70. The Kier molecular flexibility index (Phi) is 3.77. The topological polar surface area (TPSA) is 46.6 Å². The van der Waals surface area contributed by atoms with Gasteiger partial charge in [0.05, 0.1) is 18.1 Å². The van der Waals surface area contributed by atoms with Gasteiger partial charge in [0.1, 0.15) is 0 Å². The van der Waals surface area contributed by atoms with Gasteiger partial charge in [-0.25, -0.2) is 0 Å². The zero-order valence-electron chi connectivity index (χ0n) is 13.0. The maximum atomic E-state index is 12.4. The van der Waals surface area contributed by atoms with Crippen molar-refractivity contribution in [3.63, 3.8) is 0 Å². The fourth-order valence-corrected chi connectivity index (χ4v) is 3.12. The average Bonchev–Trinajstić information content (AvgIpc) is 3.25. The first kappa shape index (κ1) is 14.8. The van der Waals surface area contributed by atoms with Gasteiger partial charge in [0.15, 0.2) is 0 Å². The highest BCUT2D eigenvalue weighted by molar-refractivity contribution is 5.95. The monoisotopic (exact) mass is 299 g/mol. The summed E-state index contributed by atoms with van der Waals surface area (Å²) < 4.78 is 5.19. The number of rotatable bonds is 5. The number of carbonyl (C=O) groups excluding carboxylic acids is 2. The minimum absolute atomic E-state index is 0.000413.